The summed E-state index contributed by atoms with van der Waals surface area (Å²) in [5, 5.41) is 4.32. The van der Waals surface area contributed by atoms with Gasteiger partial charge in [-0.05, 0) is 49.7 Å². The highest BCUT2D eigenvalue weighted by molar-refractivity contribution is 6.05. The van der Waals surface area contributed by atoms with Crippen molar-refractivity contribution in [2.24, 2.45) is 17.6 Å². The average molecular weight is 382 g/mol. The third kappa shape index (κ3) is 3.91. The zero-order valence-corrected chi connectivity index (χ0v) is 15.7. The normalized spacial score (nSPS) is 27.7. The predicted octanol–water partition coefficient (Wildman–Crippen LogP) is 3.71. The molecule has 1 aromatic carbocycles. The molecule has 0 spiro atoms. The molecule has 2 bridgehead atoms. The zero-order valence-electron chi connectivity index (χ0n) is 14.1. The largest absolute Gasteiger partial charge is 0.349 e. The molecule has 1 heterocycles. The maximum Gasteiger partial charge on any atom is 0.253 e. The zero-order chi connectivity index (χ0) is 15.8. The molecule has 2 atom stereocenters. The summed E-state index contributed by atoms with van der Waals surface area (Å²) in [6.45, 7) is 0. The molecule has 6 heteroatoms. The van der Waals surface area contributed by atoms with Crippen LogP contribution in [0.25, 0.3) is 10.9 Å². The maximum absolute atomic E-state index is 12.9. The van der Waals surface area contributed by atoms with Gasteiger partial charge in [-0.1, -0.05) is 24.6 Å². The summed E-state index contributed by atoms with van der Waals surface area (Å²) in [5.74, 6) is 1.07. The van der Waals surface area contributed by atoms with Crippen LogP contribution in [0, 0.1) is 11.8 Å². The van der Waals surface area contributed by atoms with E-state index in [1.807, 2.05) is 30.3 Å². The Morgan fingerprint density at radius 1 is 1.08 bits per heavy atom. The van der Waals surface area contributed by atoms with Crippen LogP contribution in [0.5, 0.6) is 0 Å². The van der Waals surface area contributed by atoms with Gasteiger partial charge < -0.3 is 11.1 Å². The fourth-order valence-electron chi connectivity index (χ4n) is 4.54. The standard InChI is InChI=1S/C19H23N3O.2ClH/c20-15-10-13-5-1-6-14(11-15)17(13)22-19(23)16-8-2-4-12-7-3-9-21-18(12)16;;/h2-4,7-9,13-15,17H,1,5-6,10-11,20H2,(H,22,23);2*1H. The van der Waals surface area contributed by atoms with E-state index in [1.54, 1.807) is 6.20 Å². The molecule has 136 valence electrons. The van der Waals surface area contributed by atoms with Crippen molar-refractivity contribution in [1.82, 2.24) is 10.3 Å². The number of aromatic nitrogens is 1. The van der Waals surface area contributed by atoms with E-state index in [0.717, 1.165) is 23.7 Å². The Morgan fingerprint density at radius 2 is 1.76 bits per heavy atom. The lowest BCUT2D eigenvalue weighted by Gasteiger charge is -2.45. The summed E-state index contributed by atoms with van der Waals surface area (Å²) in [5.41, 5.74) is 7.64. The quantitative estimate of drug-likeness (QED) is 0.832. The lowest BCUT2D eigenvalue weighted by atomic mass is 9.67. The van der Waals surface area contributed by atoms with Gasteiger partial charge in [-0.2, -0.15) is 0 Å². The summed E-state index contributed by atoms with van der Waals surface area (Å²) >= 11 is 0. The molecule has 2 aliphatic rings. The number of carbonyl (C=O) groups is 1. The van der Waals surface area contributed by atoms with Gasteiger partial charge in [0, 0.05) is 23.7 Å². The van der Waals surface area contributed by atoms with Crippen LogP contribution in [-0.4, -0.2) is 23.0 Å². The van der Waals surface area contributed by atoms with Gasteiger partial charge in [0.1, 0.15) is 0 Å². The molecule has 0 saturated heterocycles. The fraction of sp³-hybridized carbons (Fsp3) is 0.474. The number of para-hydroxylation sites is 1. The summed E-state index contributed by atoms with van der Waals surface area (Å²) < 4.78 is 0. The van der Waals surface area contributed by atoms with Gasteiger partial charge in [-0.3, -0.25) is 9.78 Å². The van der Waals surface area contributed by atoms with Gasteiger partial charge in [-0.15, -0.1) is 24.8 Å². The second kappa shape index (κ2) is 8.35. The van der Waals surface area contributed by atoms with Crippen molar-refractivity contribution in [2.45, 2.75) is 44.2 Å². The predicted molar refractivity (Wildman–Crippen MR) is 106 cm³/mol. The van der Waals surface area contributed by atoms with Gasteiger partial charge in [0.15, 0.2) is 0 Å². The van der Waals surface area contributed by atoms with Crippen LogP contribution in [0.15, 0.2) is 36.5 Å². The number of hydrogen-bond donors (Lipinski definition) is 2. The summed E-state index contributed by atoms with van der Waals surface area (Å²) in [6.07, 6.45) is 7.45. The van der Waals surface area contributed by atoms with Gasteiger partial charge in [0.2, 0.25) is 0 Å². The highest BCUT2D eigenvalue weighted by Crippen LogP contribution is 2.39. The first kappa shape index (κ1) is 20.0. The fourth-order valence-corrected chi connectivity index (χ4v) is 4.54. The van der Waals surface area contributed by atoms with Crippen LogP contribution in [0.2, 0.25) is 0 Å². The highest BCUT2D eigenvalue weighted by atomic mass is 35.5. The minimum Gasteiger partial charge on any atom is -0.349 e. The minimum absolute atomic E-state index is 0. The number of rotatable bonds is 2. The number of carbonyl (C=O) groups excluding carboxylic acids is 1. The van der Waals surface area contributed by atoms with Gasteiger partial charge in [-0.25, -0.2) is 0 Å². The number of benzene rings is 1. The van der Waals surface area contributed by atoms with E-state index >= 15 is 0 Å². The Morgan fingerprint density at radius 3 is 2.48 bits per heavy atom. The van der Waals surface area contributed by atoms with Gasteiger partial charge in [0.05, 0.1) is 11.1 Å². The first-order valence-corrected chi connectivity index (χ1v) is 8.62. The Balaban J connectivity index is 0.00000113. The van der Waals surface area contributed by atoms with E-state index in [0.29, 0.717) is 23.4 Å². The van der Waals surface area contributed by atoms with Crippen molar-refractivity contribution in [2.75, 3.05) is 0 Å². The summed E-state index contributed by atoms with van der Waals surface area (Å²) in [6, 6.07) is 10.3. The molecule has 2 fully saturated rings. The van der Waals surface area contributed by atoms with E-state index in [4.69, 9.17) is 5.73 Å². The Bertz CT molecular complexity index is 720. The Kier molecular flexibility index (Phi) is 6.66. The number of pyridine rings is 1. The first-order valence-electron chi connectivity index (χ1n) is 8.62. The number of fused-ring (bicyclic) bond motifs is 3. The lowest BCUT2D eigenvalue weighted by Crippen LogP contribution is -2.53. The molecule has 2 saturated carbocycles. The molecule has 1 aromatic heterocycles. The van der Waals surface area contributed by atoms with Crippen LogP contribution >= 0.6 is 24.8 Å². The first-order chi connectivity index (χ1) is 11.2. The number of hydrogen-bond acceptors (Lipinski definition) is 3. The monoisotopic (exact) mass is 381 g/mol. The molecule has 25 heavy (non-hydrogen) atoms. The third-order valence-corrected chi connectivity index (χ3v) is 5.55. The molecular weight excluding hydrogens is 357 g/mol. The third-order valence-electron chi connectivity index (χ3n) is 5.55. The molecule has 2 aliphatic carbocycles. The Hall–Kier alpha value is -1.36. The molecule has 0 radical (unpaired) electrons. The Labute approximate surface area is 160 Å². The molecule has 2 unspecified atom stereocenters. The molecule has 0 aliphatic heterocycles. The molecule has 4 nitrogen and oxygen atoms in total. The number of nitrogens with two attached hydrogens (primary N) is 1. The summed E-state index contributed by atoms with van der Waals surface area (Å²) in [7, 11) is 0. The lowest BCUT2D eigenvalue weighted by molar-refractivity contribution is 0.0757. The van der Waals surface area contributed by atoms with Gasteiger partial charge >= 0.3 is 0 Å². The molecule has 4 rings (SSSR count). The van der Waals surface area contributed by atoms with Crippen LogP contribution in [-0.2, 0) is 0 Å². The topological polar surface area (TPSA) is 68.0 Å². The number of amides is 1. The molecule has 2 aromatic rings. The van der Waals surface area contributed by atoms with E-state index in [-0.39, 0.29) is 36.8 Å². The van der Waals surface area contributed by atoms with Crippen LogP contribution in [0.1, 0.15) is 42.5 Å². The maximum atomic E-state index is 12.9. The number of nitrogens with zero attached hydrogens (tertiary/aromatic N) is 1. The SMILES string of the molecule is Cl.Cl.NC1CC2CCCC(C1)C2NC(=O)c1cccc2cccnc12. The van der Waals surface area contributed by atoms with E-state index in [2.05, 4.69) is 10.3 Å². The van der Waals surface area contributed by atoms with Crippen LogP contribution in [0.3, 0.4) is 0 Å². The van der Waals surface area contributed by atoms with Crippen molar-refractivity contribution in [1.29, 1.82) is 0 Å². The van der Waals surface area contributed by atoms with Crippen molar-refractivity contribution in [3.05, 3.63) is 42.1 Å². The van der Waals surface area contributed by atoms with Crippen molar-refractivity contribution in [3.63, 3.8) is 0 Å². The molecule has 3 N–H and O–H groups in total. The van der Waals surface area contributed by atoms with E-state index in [9.17, 15) is 4.79 Å². The molecule has 1 amide bonds. The molecular formula is C19H25Cl2N3O. The van der Waals surface area contributed by atoms with Crippen LogP contribution < -0.4 is 11.1 Å². The van der Waals surface area contributed by atoms with Crippen LogP contribution in [0.4, 0.5) is 0 Å². The summed E-state index contributed by atoms with van der Waals surface area (Å²) in [4.78, 5) is 17.3. The smallest absolute Gasteiger partial charge is 0.253 e. The minimum atomic E-state index is 0. The average Bonchev–Trinajstić information content (AvgIpc) is 2.55. The van der Waals surface area contributed by atoms with Gasteiger partial charge in [0.25, 0.3) is 5.91 Å². The second-order valence-electron chi connectivity index (χ2n) is 7.06. The van der Waals surface area contributed by atoms with E-state index in [1.165, 1.54) is 19.3 Å². The second-order valence-corrected chi connectivity index (χ2v) is 7.06. The number of nitrogens with one attached hydrogen (secondary N) is 1. The van der Waals surface area contributed by atoms with Crippen molar-refractivity contribution < 1.29 is 4.79 Å². The van der Waals surface area contributed by atoms with Crippen molar-refractivity contribution >= 4 is 41.6 Å². The number of halogens is 2. The van der Waals surface area contributed by atoms with Crippen molar-refractivity contribution in [3.8, 4) is 0 Å². The highest BCUT2D eigenvalue weighted by Gasteiger charge is 2.40. The van der Waals surface area contributed by atoms with E-state index < -0.39 is 0 Å².